The van der Waals surface area contributed by atoms with Gasteiger partial charge in [-0.25, -0.2) is 4.79 Å². The summed E-state index contributed by atoms with van der Waals surface area (Å²) in [6.07, 6.45) is 3.11. The highest BCUT2D eigenvalue weighted by Gasteiger charge is 2.43. The first-order chi connectivity index (χ1) is 14.5. The number of aromatic nitrogens is 1. The fourth-order valence-electron chi connectivity index (χ4n) is 4.05. The van der Waals surface area contributed by atoms with Crippen LogP contribution in [-0.2, 0) is 10.2 Å². The molecule has 6 heteroatoms. The Kier molecular flexibility index (Phi) is 6.48. The minimum absolute atomic E-state index is 0.0574. The van der Waals surface area contributed by atoms with E-state index < -0.39 is 0 Å². The highest BCUT2D eigenvalue weighted by molar-refractivity contribution is 5.69. The average Bonchev–Trinajstić information content (AvgIpc) is 2.66. The number of amides is 1. The van der Waals surface area contributed by atoms with Gasteiger partial charge in [-0.1, -0.05) is 26.0 Å². The molecule has 0 saturated heterocycles. The van der Waals surface area contributed by atoms with Gasteiger partial charge in [0.1, 0.15) is 17.6 Å². The van der Waals surface area contributed by atoms with Crippen LogP contribution in [0.2, 0.25) is 0 Å². The minimum atomic E-state index is -0.301. The molecule has 0 radical (unpaired) electrons. The summed E-state index contributed by atoms with van der Waals surface area (Å²) in [7, 11) is 0. The molecule has 1 aliphatic carbocycles. The third-order valence-corrected chi connectivity index (χ3v) is 5.89. The van der Waals surface area contributed by atoms with Crippen LogP contribution in [-0.4, -0.2) is 45.4 Å². The number of nitrogens with zero attached hydrogens (tertiary/aromatic N) is 2. The van der Waals surface area contributed by atoms with Crippen LogP contribution >= 0.6 is 0 Å². The summed E-state index contributed by atoms with van der Waals surface area (Å²) in [4.78, 5) is 18.9. The van der Waals surface area contributed by atoms with Gasteiger partial charge in [0, 0.05) is 29.8 Å². The van der Waals surface area contributed by atoms with Crippen molar-refractivity contribution < 1.29 is 19.4 Å². The lowest BCUT2D eigenvalue weighted by Crippen LogP contribution is -2.58. The summed E-state index contributed by atoms with van der Waals surface area (Å²) in [6, 6.07) is 11.3. The van der Waals surface area contributed by atoms with E-state index >= 15 is 0 Å². The topological polar surface area (TPSA) is 71.9 Å². The molecule has 2 aromatic rings. The molecule has 0 atom stereocenters. The lowest BCUT2D eigenvalue weighted by molar-refractivity contribution is -0.0220. The van der Waals surface area contributed by atoms with Crippen molar-refractivity contribution in [2.75, 3.05) is 6.61 Å². The SMILES string of the molecule is CCOC(=O)N(C1CC(Oc2ccc(C(C)(C)c3ccc(O)cc3)nc2)C1)C(C)(C)C. The number of ether oxygens (including phenoxy) is 2. The van der Waals surface area contributed by atoms with Gasteiger partial charge in [-0.3, -0.25) is 4.98 Å². The number of phenolic OH excluding ortho intramolecular Hbond substituents is 1. The third kappa shape index (κ3) is 5.12. The molecule has 31 heavy (non-hydrogen) atoms. The molecule has 1 fully saturated rings. The highest BCUT2D eigenvalue weighted by Crippen LogP contribution is 2.35. The second-order valence-electron chi connectivity index (χ2n) is 9.66. The van der Waals surface area contributed by atoms with Crippen LogP contribution in [0.1, 0.15) is 65.6 Å². The van der Waals surface area contributed by atoms with Crippen LogP contribution in [0, 0.1) is 0 Å². The van der Waals surface area contributed by atoms with Crippen molar-refractivity contribution in [3.05, 3.63) is 53.9 Å². The fraction of sp³-hybridized carbons (Fsp3) is 0.520. The van der Waals surface area contributed by atoms with Gasteiger partial charge < -0.3 is 19.5 Å². The molecule has 3 rings (SSSR count). The molecule has 1 amide bonds. The summed E-state index contributed by atoms with van der Waals surface area (Å²) >= 11 is 0. The van der Waals surface area contributed by atoms with Gasteiger partial charge in [0.25, 0.3) is 0 Å². The Morgan fingerprint density at radius 3 is 2.26 bits per heavy atom. The molecule has 0 bridgehead atoms. The Balaban J connectivity index is 1.61. The number of carbonyl (C=O) groups excluding carboxylic acids is 1. The molecule has 0 spiro atoms. The Morgan fingerprint density at radius 2 is 1.74 bits per heavy atom. The second-order valence-corrected chi connectivity index (χ2v) is 9.66. The zero-order valence-corrected chi connectivity index (χ0v) is 19.4. The van der Waals surface area contributed by atoms with Crippen molar-refractivity contribution in [1.82, 2.24) is 9.88 Å². The number of pyridine rings is 1. The molecule has 1 heterocycles. The first kappa shape index (κ1) is 22.9. The second kappa shape index (κ2) is 8.77. The number of phenols is 1. The monoisotopic (exact) mass is 426 g/mol. The zero-order chi connectivity index (χ0) is 22.8. The molecule has 1 N–H and O–H groups in total. The van der Waals surface area contributed by atoms with Crippen LogP contribution in [0.5, 0.6) is 11.5 Å². The molecule has 6 nitrogen and oxygen atoms in total. The van der Waals surface area contributed by atoms with E-state index in [4.69, 9.17) is 9.47 Å². The van der Waals surface area contributed by atoms with Gasteiger partial charge in [-0.05, 0) is 57.5 Å². The third-order valence-electron chi connectivity index (χ3n) is 5.89. The van der Waals surface area contributed by atoms with E-state index in [-0.39, 0.29) is 34.9 Å². The van der Waals surface area contributed by atoms with Crippen molar-refractivity contribution in [1.29, 1.82) is 0 Å². The maximum absolute atomic E-state index is 12.4. The molecule has 1 aromatic heterocycles. The van der Waals surface area contributed by atoms with Crippen molar-refractivity contribution in [3.63, 3.8) is 0 Å². The molecule has 1 saturated carbocycles. The Hall–Kier alpha value is -2.76. The number of rotatable bonds is 6. The van der Waals surface area contributed by atoms with Crippen LogP contribution in [0.25, 0.3) is 0 Å². The van der Waals surface area contributed by atoms with E-state index in [2.05, 4.69) is 18.8 Å². The molecular formula is C25H34N2O4. The summed E-state index contributed by atoms with van der Waals surface area (Å²) in [6.45, 7) is 12.5. The predicted molar refractivity (Wildman–Crippen MR) is 121 cm³/mol. The first-order valence-electron chi connectivity index (χ1n) is 10.9. The number of hydrogen-bond donors (Lipinski definition) is 1. The van der Waals surface area contributed by atoms with E-state index in [9.17, 15) is 9.90 Å². The molecular weight excluding hydrogens is 392 g/mol. The number of aromatic hydroxyl groups is 1. The van der Waals surface area contributed by atoms with E-state index in [1.807, 2.05) is 56.9 Å². The molecule has 1 aliphatic rings. The van der Waals surface area contributed by atoms with Crippen LogP contribution < -0.4 is 4.74 Å². The Bertz CT molecular complexity index is 879. The smallest absolute Gasteiger partial charge is 0.410 e. The van der Waals surface area contributed by atoms with Gasteiger partial charge in [-0.15, -0.1) is 0 Å². The maximum Gasteiger partial charge on any atom is 0.410 e. The van der Waals surface area contributed by atoms with Crippen molar-refractivity contribution in [3.8, 4) is 11.5 Å². The number of benzene rings is 1. The summed E-state index contributed by atoms with van der Waals surface area (Å²) < 4.78 is 11.3. The summed E-state index contributed by atoms with van der Waals surface area (Å²) in [5, 5.41) is 9.54. The van der Waals surface area contributed by atoms with E-state index in [0.29, 0.717) is 6.61 Å². The van der Waals surface area contributed by atoms with Gasteiger partial charge in [0.15, 0.2) is 0 Å². The van der Waals surface area contributed by atoms with Gasteiger partial charge in [0.05, 0.1) is 18.5 Å². The zero-order valence-electron chi connectivity index (χ0n) is 19.4. The molecule has 0 unspecified atom stereocenters. The lowest BCUT2D eigenvalue weighted by Gasteiger charge is -2.47. The van der Waals surface area contributed by atoms with Gasteiger partial charge in [-0.2, -0.15) is 0 Å². The molecule has 0 aliphatic heterocycles. The van der Waals surface area contributed by atoms with Crippen LogP contribution in [0.15, 0.2) is 42.6 Å². The average molecular weight is 427 g/mol. The van der Waals surface area contributed by atoms with Crippen molar-refractivity contribution >= 4 is 6.09 Å². The van der Waals surface area contributed by atoms with Crippen LogP contribution in [0.4, 0.5) is 4.79 Å². The van der Waals surface area contributed by atoms with Crippen molar-refractivity contribution in [2.24, 2.45) is 0 Å². The van der Waals surface area contributed by atoms with Crippen LogP contribution in [0.3, 0.4) is 0 Å². The van der Waals surface area contributed by atoms with E-state index in [1.54, 1.807) is 18.3 Å². The lowest BCUT2D eigenvalue weighted by atomic mass is 9.81. The predicted octanol–water partition coefficient (Wildman–Crippen LogP) is 5.28. The minimum Gasteiger partial charge on any atom is -0.508 e. The summed E-state index contributed by atoms with van der Waals surface area (Å²) in [5.74, 6) is 0.982. The Morgan fingerprint density at radius 1 is 1.10 bits per heavy atom. The fourth-order valence-corrected chi connectivity index (χ4v) is 4.05. The number of carbonyl (C=O) groups is 1. The van der Waals surface area contributed by atoms with E-state index in [1.165, 1.54) is 0 Å². The van der Waals surface area contributed by atoms with Gasteiger partial charge in [0.2, 0.25) is 0 Å². The molecule has 168 valence electrons. The standard InChI is InChI=1S/C25H34N2O4/c1-7-30-23(29)27(24(2,3)4)18-14-21(15-18)31-20-12-13-22(26-16-20)25(5,6)17-8-10-19(28)11-9-17/h8-13,16,18,21,28H,7,14-15H2,1-6H3. The largest absolute Gasteiger partial charge is 0.508 e. The maximum atomic E-state index is 12.4. The highest BCUT2D eigenvalue weighted by atomic mass is 16.6. The van der Waals surface area contributed by atoms with Crippen molar-refractivity contribution in [2.45, 2.75) is 77.5 Å². The normalized spacial score (nSPS) is 18.8. The first-order valence-corrected chi connectivity index (χ1v) is 10.9. The number of hydrogen-bond acceptors (Lipinski definition) is 5. The van der Waals surface area contributed by atoms with Gasteiger partial charge >= 0.3 is 6.09 Å². The van der Waals surface area contributed by atoms with E-state index in [0.717, 1.165) is 29.8 Å². The quantitative estimate of drug-likeness (QED) is 0.680. The summed E-state index contributed by atoms with van der Waals surface area (Å²) in [5.41, 5.74) is 1.42. The molecule has 1 aromatic carbocycles. The Labute approximate surface area is 185 Å².